The highest BCUT2D eigenvalue weighted by Crippen LogP contribution is 2.56. The summed E-state index contributed by atoms with van der Waals surface area (Å²) in [5.74, 6) is 1.82. The van der Waals surface area contributed by atoms with Crippen LogP contribution in [-0.4, -0.2) is 32.3 Å². The molecule has 3 aromatic heterocycles. The summed E-state index contributed by atoms with van der Waals surface area (Å²) in [6.07, 6.45) is 8.56. The highest BCUT2D eigenvalue weighted by Gasteiger charge is 2.48. The Labute approximate surface area is 252 Å². The first kappa shape index (κ1) is 27.2. The Kier molecular flexibility index (Phi) is 6.66. The minimum atomic E-state index is -0.980. The van der Waals surface area contributed by atoms with Gasteiger partial charge in [-0.3, -0.25) is 4.98 Å². The van der Waals surface area contributed by atoms with E-state index in [1.54, 1.807) is 24.5 Å². The zero-order valence-electron chi connectivity index (χ0n) is 23.2. The Balaban J connectivity index is 1.15. The van der Waals surface area contributed by atoms with Crippen LogP contribution in [0, 0.1) is 0 Å². The molecule has 0 unspecified atom stereocenters. The molecule has 216 valence electrons. The zero-order valence-corrected chi connectivity index (χ0v) is 24.8. The molecule has 4 aliphatic carbocycles. The molecule has 1 N–H and O–H groups in total. The highest BCUT2D eigenvalue weighted by molar-refractivity contribution is 6.38. The molecule has 0 atom stereocenters. The number of benzene rings is 1. The van der Waals surface area contributed by atoms with Crippen molar-refractivity contribution in [2.75, 3.05) is 0 Å². The molecule has 0 aliphatic heterocycles. The van der Waals surface area contributed by atoms with Crippen molar-refractivity contribution in [3.05, 3.63) is 80.6 Å². The fourth-order valence-electron chi connectivity index (χ4n) is 6.30. The molecule has 10 heteroatoms. The van der Waals surface area contributed by atoms with Crippen LogP contribution < -0.4 is 4.74 Å². The zero-order chi connectivity index (χ0) is 29.2. The number of halogens is 2. The predicted molar refractivity (Wildman–Crippen MR) is 158 cm³/mol. The van der Waals surface area contributed by atoms with Gasteiger partial charge in [0.15, 0.2) is 0 Å². The average Bonchev–Trinajstić information content (AvgIpc) is 3.71. The van der Waals surface area contributed by atoms with Gasteiger partial charge in [0, 0.05) is 46.8 Å². The second-order valence-corrected chi connectivity index (χ2v) is 12.6. The lowest BCUT2D eigenvalue weighted by atomic mass is 9.57. The van der Waals surface area contributed by atoms with Gasteiger partial charge in [-0.2, -0.15) is 0 Å². The van der Waals surface area contributed by atoms with Gasteiger partial charge in [0.05, 0.1) is 33.0 Å². The van der Waals surface area contributed by atoms with Crippen LogP contribution >= 0.6 is 23.2 Å². The summed E-state index contributed by atoms with van der Waals surface area (Å²) in [6, 6.07) is 7.14. The second-order valence-electron chi connectivity index (χ2n) is 11.8. The molecule has 1 aromatic carbocycles. The molecule has 0 spiro atoms. The number of aromatic nitrogens is 3. The standard InChI is InChI=1S/C32H29Cl2N3O5/c1-16(2)41-25-7-5-20(31(38)39)19-6-8-26(36-28(19)25)32-10-9-24(18(11-32)12-32)40-15-21-29(37-42-30(21)17-3-4-17)27-22(33)13-35-14-23(27)34/h5-8,13-14,16-17H,3-4,9-12,15H2,1-2H3,(H,38,39). The van der Waals surface area contributed by atoms with Crippen molar-refractivity contribution < 1.29 is 23.9 Å². The molecule has 2 bridgehead atoms. The summed E-state index contributed by atoms with van der Waals surface area (Å²) in [4.78, 5) is 21.0. The van der Waals surface area contributed by atoms with E-state index in [4.69, 9.17) is 42.2 Å². The molecule has 0 saturated heterocycles. The summed E-state index contributed by atoms with van der Waals surface area (Å²) < 4.78 is 18.3. The number of aromatic carboxylic acids is 1. The maximum atomic E-state index is 11.9. The normalized spacial score (nSPS) is 17.5. The van der Waals surface area contributed by atoms with Crippen LogP contribution in [0.3, 0.4) is 0 Å². The Bertz CT molecular complexity index is 1750. The lowest BCUT2D eigenvalue weighted by molar-refractivity contribution is 0.0699. The van der Waals surface area contributed by atoms with Gasteiger partial charge in [-0.25, -0.2) is 9.78 Å². The van der Waals surface area contributed by atoms with Gasteiger partial charge in [0.25, 0.3) is 0 Å². The van der Waals surface area contributed by atoms with E-state index in [9.17, 15) is 9.90 Å². The topological polar surface area (TPSA) is 108 Å². The van der Waals surface area contributed by atoms with Crippen molar-refractivity contribution in [2.45, 2.75) is 76.4 Å². The summed E-state index contributed by atoms with van der Waals surface area (Å²) >= 11 is 12.9. The fraction of sp³-hybridized carbons (Fsp3) is 0.375. The third-order valence-electron chi connectivity index (χ3n) is 8.53. The quantitative estimate of drug-likeness (QED) is 0.203. The second kappa shape index (κ2) is 10.3. The number of pyridine rings is 2. The van der Waals surface area contributed by atoms with Gasteiger partial charge < -0.3 is 19.1 Å². The SMILES string of the molecule is CC(C)Oc1ccc(C(=O)O)c2ccc(C34CCC(OCc5c(-c6c(Cl)cncc6Cl)noc5C5CC5)=C(C3)C4)nc12. The van der Waals surface area contributed by atoms with Crippen molar-refractivity contribution >= 4 is 40.1 Å². The highest BCUT2D eigenvalue weighted by atomic mass is 35.5. The molecular formula is C32H29Cl2N3O5. The molecule has 4 aliphatic rings. The minimum absolute atomic E-state index is 0.0582. The molecule has 42 heavy (non-hydrogen) atoms. The van der Waals surface area contributed by atoms with Crippen LogP contribution in [0.1, 0.15) is 85.7 Å². The van der Waals surface area contributed by atoms with Crippen molar-refractivity contribution in [1.29, 1.82) is 0 Å². The molecule has 4 aromatic rings. The van der Waals surface area contributed by atoms with Crippen LogP contribution in [0.5, 0.6) is 5.75 Å². The predicted octanol–water partition coefficient (Wildman–Crippen LogP) is 8.25. The third kappa shape index (κ3) is 4.61. The Morgan fingerprint density at radius 2 is 1.90 bits per heavy atom. The first-order chi connectivity index (χ1) is 20.2. The molecule has 8 rings (SSSR count). The number of hydrogen-bond donors (Lipinski definition) is 1. The van der Waals surface area contributed by atoms with Crippen LogP contribution in [0.25, 0.3) is 22.2 Å². The summed E-state index contributed by atoms with van der Waals surface area (Å²) in [7, 11) is 0. The molecule has 0 radical (unpaired) electrons. The van der Waals surface area contributed by atoms with E-state index in [0.717, 1.165) is 61.3 Å². The summed E-state index contributed by atoms with van der Waals surface area (Å²) in [5, 5.41) is 15.5. The largest absolute Gasteiger partial charge is 0.493 e. The van der Waals surface area contributed by atoms with Gasteiger partial charge in [-0.15, -0.1) is 0 Å². The number of carboxylic acids is 1. The fourth-order valence-corrected chi connectivity index (χ4v) is 6.84. The summed E-state index contributed by atoms with van der Waals surface area (Å²) in [6.45, 7) is 4.22. The van der Waals surface area contributed by atoms with Crippen molar-refractivity contribution in [3.63, 3.8) is 0 Å². The van der Waals surface area contributed by atoms with Crippen molar-refractivity contribution in [2.24, 2.45) is 0 Å². The van der Waals surface area contributed by atoms with Crippen LogP contribution in [0.4, 0.5) is 0 Å². The summed E-state index contributed by atoms with van der Waals surface area (Å²) in [5.41, 5.74) is 5.08. The molecule has 3 heterocycles. The van der Waals surface area contributed by atoms with Gasteiger partial charge in [-0.1, -0.05) is 28.4 Å². The lowest BCUT2D eigenvalue weighted by Gasteiger charge is -2.48. The molecule has 8 nitrogen and oxygen atoms in total. The van der Waals surface area contributed by atoms with E-state index in [0.29, 0.717) is 50.5 Å². The van der Waals surface area contributed by atoms with E-state index in [2.05, 4.69) is 10.1 Å². The number of rotatable bonds is 9. The number of allylic oxidation sites excluding steroid dienone is 2. The van der Waals surface area contributed by atoms with E-state index in [-0.39, 0.29) is 17.1 Å². The lowest BCUT2D eigenvalue weighted by Crippen LogP contribution is -2.41. The van der Waals surface area contributed by atoms with Gasteiger partial charge in [0.1, 0.15) is 29.3 Å². The van der Waals surface area contributed by atoms with Crippen LogP contribution in [0.2, 0.25) is 10.0 Å². The molecule has 2 saturated carbocycles. The van der Waals surface area contributed by atoms with Crippen molar-refractivity contribution in [3.8, 4) is 17.0 Å². The third-order valence-corrected chi connectivity index (χ3v) is 9.11. The van der Waals surface area contributed by atoms with Gasteiger partial charge >= 0.3 is 5.97 Å². The Hall–Kier alpha value is -3.62. The van der Waals surface area contributed by atoms with Crippen molar-refractivity contribution in [1.82, 2.24) is 15.1 Å². The number of carboxylic acid groups (broad SMARTS) is 1. The molecule has 0 amide bonds. The maximum absolute atomic E-state index is 11.9. The number of nitrogens with zero attached hydrogens (tertiary/aromatic N) is 3. The smallest absolute Gasteiger partial charge is 0.336 e. The van der Waals surface area contributed by atoms with Gasteiger partial charge in [-0.05, 0) is 75.8 Å². The first-order valence-electron chi connectivity index (χ1n) is 14.2. The van der Waals surface area contributed by atoms with E-state index >= 15 is 0 Å². The average molecular weight is 607 g/mol. The maximum Gasteiger partial charge on any atom is 0.336 e. The monoisotopic (exact) mass is 605 g/mol. The Morgan fingerprint density at radius 1 is 1.14 bits per heavy atom. The number of fused-ring (bicyclic) bond motifs is 3. The van der Waals surface area contributed by atoms with E-state index < -0.39 is 5.97 Å². The first-order valence-corrected chi connectivity index (χ1v) is 15.0. The minimum Gasteiger partial charge on any atom is -0.493 e. The van der Waals surface area contributed by atoms with Gasteiger partial charge in [0.2, 0.25) is 0 Å². The van der Waals surface area contributed by atoms with E-state index in [1.807, 2.05) is 26.0 Å². The number of hydrogen-bond acceptors (Lipinski definition) is 7. The van der Waals surface area contributed by atoms with Crippen LogP contribution in [-0.2, 0) is 16.8 Å². The number of carbonyl (C=O) groups is 1. The molecular weight excluding hydrogens is 577 g/mol. The van der Waals surface area contributed by atoms with Crippen LogP contribution in [0.15, 0.2) is 52.5 Å². The Morgan fingerprint density at radius 3 is 2.55 bits per heavy atom. The van der Waals surface area contributed by atoms with E-state index in [1.165, 1.54) is 5.57 Å². The molecule has 2 fully saturated rings. The number of ether oxygens (including phenoxy) is 2.